The molecule has 0 N–H and O–H groups in total. The maximum absolute atomic E-state index is 11.7. The third-order valence-corrected chi connectivity index (χ3v) is 5.60. The Hall–Kier alpha value is -2.42. The van der Waals surface area contributed by atoms with Gasteiger partial charge in [-0.1, -0.05) is 24.3 Å². The van der Waals surface area contributed by atoms with Crippen LogP contribution in [0.5, 0.6) is 5.75 Å². The average Bonchev–Trinajstić information content (AvgIpc) is 3.05. The maximum Gasteiger partial charge on any atom is 0.306 e. The molecule has 1 unspecified atom stereocenters. The van der Waals surface area contributed by atoms with Gasteiger partial charge in [0.25, 0.3) is 0 Å². The van der Waals surface area contributed by atoms with E-state index in [1.54, 1.807) is 12.1 Å². The monoisotopic (exact) mass is 429 g/mol. The first kappa shape index (κ1) is 20.8. The van der Waals surface area contributed by atoms with Gasteiger partial charge in [0, 0.05) is 24.1 Å². The summed E-state index contributed by atoms with van der Waals surface area (Å²) in [6.45, 7) is 1.45. The van der Waals surface area contributed by atoms with Gasteiger partial charge in [-0.3, -0.25) is 0 Å². The highest BCUT2D eigenvalue weighted by Gasteiger charge is 2.22. The first-order valence-corrected chi connectivity index (χ1v) is 11.9. The van der Waals surface area contributed by atoms with Gasteiger partial charge in [0.15, 0.2) is 6.23 Å². The molecule has 1 aromatic heterocycles. The lowest BCUT2D eigenvalue weighted by Gasteiger charge is -2.23. The van der Waals surface area contributed by atoms with Gasteiger partial charge in [0.05, 0.1) is 17.5 Å². The quantitative estimate of drug-likeness (QED) is 0.555. The Kier molecular flexibility index (Phi) is 5.81. The molecule has 7 nitrogen and oxygen atoms in total. The molecule has 0 radical (unpaired) electrons. The Balaban J connectivity index is 1.82. The number of rotatable bonds is 6. The zero-order valence-electron chi connectivity index (χ0n) is 17.5. The molecule has 160 valence electrons. The van der Waals surface area contributed by atoms with Crippen molar-refractivity contribution in [2.45, 2.75) is 32.0 Å². The van der Waals surface area contributed by atoms with Crippen molar-refractivity contribution in [2.24, 2.45) is 0 Å². The molecule has 30 heavy (non-hydrogen) atoms. The molecule has 0 spiro atoms. The standard InChI is InChI=1S/C22H27N3O4S/c1-24(2)15-19-18-14-16(17-8-4-5-9-21(17)29-30(3,26)27)11-12-20(18)25(23-19)22-10-6-7-13-28-22/h4-5,8-9,11-12,14,22H,6-7,10,13,15H2,1-3H3. The summed E-state index contributed by atoms with van der Waals surface area (Å²) in [5, 5.41) is 5.92. The van der Waals surface area contributed by atoms with Gasteiger partial charge in [-0.2, -0.15) is 13.5 Å². The molecule has 0 amide bonds. The second kappa shape index (κ2) is 8.37. The van der Waals surface area contributed by atoms with E-state index in [4.69, 9.17) is 14.0 Å². The number of para-hydroxylation sites is 1. The van der Waals surface area contributed by atoms with E-state index in [0.29, 0.717) is 12.3 Å². The number of hydrogen-bond donors (Lipinski definition) is 0. The van der Waals surface area contributed by atoms with Crippen molar-refractivity contribution in [3.8, 4) is 16.9 Å². The van der Waals surface area contributed by atoms with Crippen molar-refractivity contribution in [3.63, 3.8) is 0 Å². The molecule has 1 aliphatic rings. The minimum absolute atomic E-state index is 0.0520. The fourth-order valence-corrected chi connectivity index (χ4v) is 4.34. The van der Waals surface area contributed by atoms with E-state index in [9.17, 15) is 8.42 Å². The zero-order valence-corrected chi connectivity index (χ0v) is 18.4. The van der Waals surface area contributed by atoms with Crippen LogP contribution in [-0.4, -0.2) is 50.1 Å². The van der Waals surface area contributed by atoms with E-state index in [0.717, 1.165) is 59.8 Å². The van der Waals surface area contributed by atoms with Gasteiger partial charge in [0.1, 0.15) is 5.75 Å². The Labute approximate surface area is 177 Å². The number of fused-ring (bicyclic) bond motifs is 1. The first-order chi connectivity index (χ1) is 14.3. The predicted molar refractivity (Wildman–Crippen MR) is 117 cm³/mol. The van der Waals surface area contributed by atoms with E-state index < -0.39 is 10.1 Å². The fourth-order valence-electron chi connectivity index (χ4n) is 3.87. The van der Waals surface area contributed by atoms with E-state index >= 15 is 0 Å². The highest BCUT2D eigenvalue weighted by Crippen LogP contribution is 2.35. The summed E-state index contributed by atoms with van der Waals surface area (Å²) < 4.78 is 36.6. The number of nitrogens with zero attached hydrogens (tertiary/aromatic N) is 3. The summed E-state index contributed by atoms with van der Waals surface area (Å²) in [4.78, 5) is 2.08. The lowest BCUT2D eigenvalue weighted by molar-refractivity contribution is -0.0369. The Morgan fingerprint density at radius 3 is 2.70 bits per heavy atom. The van der Waals surface area contributed by atoms with Crippen molar-refractivity contribution in [3.05, 3.63) is 48.2 Å². The molecule has 0 saturated carbocycles. The summed E-state index contributed by atoms with van der Waals surface area (Å²) in [7, 11) is 0.406. The SMILES string of the molecule is CN(C)Cc1nn(C2CCCCO2)c2ccc(-c3ccccc3OS(C)(=O)=O)cc12. The molecule has 1 saturated heterocycles. The number of ether oxygens (including phenoxy) is 1. The van der Waals surface area contributed by atoms with Crippen molar-refractivity contribution >= 4 is 21.0 Å². The van der Waals surface area contributed by atoms with Crippen LogP contribution in [0.25, 0.3) is 22.0 Å². The molecule has 3 aromatic rings. The van der Waals surface area contributed by atoms with Crippen LogP contribution in [-0.2, 0) is 21.4 Å². The van der Waals surface area contributed by atoms with Crippen LogP contribution in [0.15, 0.2) is 42.5 Å². The van der Waals surface area contributed by atoms with Crippen LogP contribution in [0.4, 0.5) is 0 Å². The zero-order chi connectivity index (χ0) is 21.3. The molecular formula is C22H27N3O4S. The molecule has 2 aromatic carbocycles. The molecule has 8 heteroatoms. The minimum Gasteiger partial charge on any atom is -0.382 e. The van der Waals surface area contributed by atoms with E-state index in [2.05, 4.69) is 11.0 Å². The average molecular weight is 430 g/mol. The van der Waals surface area contributed by atoms with Gasteiger partial charge < -0.3 is 13.8 Å². The molecule has 4 rings (SSSR count). The van der Waals surface area contributed by atoms with Gasteiger partial charge in [-0.15, -0.1) is 0 Å². The van der Waals surface area contributed by atoms with Gasteiger partial charge in [0.2, 0.25) is 0 Å². The third kappa shape index (κ3) is 4.50. The van der Waals surface area contributed by atoms with E-state index in [1.165, 1.54) is 0 Å². The third-order valence-electron chi connectivity index (χ3n) is 5.12. The molecule has 0 bridgehead atoms. The summed E-state index contributed by atoms with van der Waals surface area (Å²) in [5.74, 6) is 0.316. The summed E-state index contributed by atoms with van der Waals surface area (Å²) >= 11 is 0. The Morgan fingerprint density at radius 2 is 2.00 bits per heavy atom. The van der Waals surface area contributed by atoms with Crippen LogP contribution < -0.4 is 4.18 Å². The highest BCUT2D eigenvalue weighted by atomic mass is 32.2. The minimum atomic E-state index is -3.62. The van der Waals surface area contributed by atoms with E-state index in [1.807, 2.05) is 43.0 Å². The van der Waals surface area contributed by atoms with Crippen LogP contribution in [0, 0.1) is 0 Å². The van der Waals surface area contributed by atoms with Gasteiger partial charge in [-0.05, 0) is 57.1 Å². The van der Waals surface area contributed by atoms with Crippen LogP contribution in [0.3, 0.4) is 0 Å². The first-order valence-electron chi connectivity index (χ1n) is 10.1. The molecule has 1 atom stereocenters. The van der Waals surface area contributed by atoms with Crippen LogP contribution >= 0.6 is 0 Å². The molecule has 1 aliphatic heterocycles. The van der Waals surface area contributed by atoms with E-state index in [-0.39, 0.29) is 6.23 Å². The van der Waals surface area contributed by atoms with Crippen molar-refractivity contribution in [1.82, 2.24) is 14.7 Å². The lowest BCUT2D eigenvalue weighted by atomic mass is 10.0. The van der Waals surface area contributed by atoms with Crippen molar-refractivity contribution in [1.29, 1.82) is 0 Å². The molecule has 0 aliphatic carbocycles. The predicted octanol–water partition coefficient (Wildman–Crippen LogP) is 3.80. The second-order valence-corrected chi connectivity index (χ2v) is 9.54. The normalized spacial score (nSPS) is 17.5. The summed E-state index contributed by atoms with van der Waals surface area (Å²) in [6, 6.07) is 13.2. The smallest absolute Gasteiger partial charge is 0.306 e. The molecule has 1 fully saturated rings. The topological polar surface area (TPSA) is 73.7 Å². The maximum atomic E-state index is 11.7. The second-order valence-electron chi connectivity index (χ2n) is 7.97. The van der Waals surface area contributed by atoms with Crippen LogP contribution in [0.1, 0.15) is 31.2 Å². The largest absolute Gasteiger partial charge is 0.382 e. The number of hydrogen-bond acceptors (Lipinski definition) is 6. The lowest BCUT2D eigenvalue weighted by Crippen LogP contribution is -2.19. The highest BCUT2D eigenvalue weighted by molar-refractivity contribution is 7.86. The van der Waals surface area contributed by atoms with Gasteiger partial charge in [-0.25, -0.2) is 4.68 Å². The van der Waals surface area contributed by atoms with Crippen LogP contribution in [0.2, 0.25) is 0 Å². The summed E-state index contributed by atoms with van der Waals surface area (Å²) in [6.07, 6.45) is 4.16. The number of benzene rings is 2. The Bertz CT molecular complexity index is 1150. The summed E-state index contributed by atoms with van der Waals surface area (Å²) in [5.41, 5.74) is 3.59. The van der Waals surface area contributed by atoms with Crippen molar-refractivity contribution < 1.29 is 17.3 Å². The fraction of sp³-hybridized carbons (Fsp3) is 0.409. The van der Waals surface area contributed by atoms with Crippen molar-refractivity contribution in [2.75, 3.05) is 27.0 Å². The number of aromatic nitrogens is 2. The molecular weight excluding hydrogens is 402 g/mol. The van der Waals surface area contributed by atoms with Gasteiger partial charge >= 0.3 is 10.1 Å². The Morgan fingerprint density at radius 1 is 1.20 bits per heavy atom. The molecule has 2 heterocycles.